The Hall–Kier alpha value is 0.412. The molecule has 1 saturated carbocycles. The predicted molar refractivity (Wildman–Crippen MR) is 112 cm³/mol. The number of carbonyl (C=O) groups is 1. The van der Waals surface area contributed by atoms with Crippen LogP contribution in [0.5, 0.6) is 0 Å². The first-order valence-electron chi connectivity index (χ1n) is 11.1. The van der Waals surface area contributed by atoms with Gasteiger partial charge < -0.3 is 35.0 Å². The number of rotatable bonds is 5. The van der Waals surface area contributed by atoms with E-state index in [1.54, 1.807) is 6.92 Å². The first kappa shape index (κ1) is 28.6. The summed E-state index contributed by atoms with van der Waals surface area (Å²) in [5.41, 5.74) is -2.53. The standard InChI is InChI=1S/C23H38O8.Ac/c1-11-9-21(4,5)14(7-15(11)26)18(31-13(3)25)19-22(6,20(28)12(2)24)16(27)8-17-23(19,29)10-30-17;/h9,12,14-20,24,26-29H,7-8,10H2,1-6H3;. The van der Waals surface area contributed by atoms with Gasteiger partial charge in [0.2, 0.25) is 0 Å². The molecule has 32 heavy (non-hydrogen) atoms. The summed E-state index contributed by atoms with van der Waals surface area (Å²) < 4.78 is 11.4. The van der Waals surface area contributed by atoms with E-state index in [0.717, 1.165) is 5.57 Å². The van der Waals surface area contributed by atoms with E-state index < -0.39 is 70.9 Å². The van der Waals surface area contributed by atoms with E-state index in [1.807, 2.05) is 26.8 Å². The normalized spacial score (nSPS) is 43.5. The number of fused-ring (bicyclic) bond motifs is 1. The Morgan fingerprint density at radius 2 is 1.81 bits per heavy atom. The molecule has 0 spiro atoms. The van der Waals surface area contributed by atoms with Crippen LogP contribution in [0, 0.1) is 66.7 Å². The van der Waals surface area contributed by atoms with Crippen molar-refractivity contribution in [1.29, 1.82) is 0 Å². The van der Waals surface area contributed by atoms with Crippen LogP contribution in [-0.2, 0) is 14.3 Å². The third kappa shape index (κ3) is 4.63. The van der Waals surface area contributed by atoms with E-state index in [2.05, 4.69) is 0 Å². The number of hydrogen-bond donors (Lipinski definition) is 5. The molecular weight excluding hydrogens is 631 g/mol. The number of hydrogen-bond acceptors (Lipinski definition) is 8. The number of esters is 1. The number of carbonyl (C=O) groups excluding carboxylic acids is 1. The molecule has 8 nitrogen and oxygen atoms in total. The van der Waals surface area contributed by atoms with Crippen LogP contribution in [0.2, 0.25) is 0 Å². The fraction of sp³-hybridized carbons (Fsp3) is 0.870. The maximum Gasteiger partial charge on any atom is 0.302 e. The van der Waals surface area contributed by atoms with Gasteiger partial charge in [-0.2, -0.15) is 0 Å². The van der Waals surface area contributed by atoms with Crippen molar-refractivity contribution < 1.29 is 83.9 Å². The fourth-order valence-corrected chi connectivity index (χ4v) is 6.33. The number of allylic oxidation sites excluding steroid dienone is 1. The number of aliphatic hydroxyl groups excluding tert-OH is 4. The molecule has 1 saturated heterocycles. The van der Waals surface area contributed by atoms with Crippen LogP contribution < -0.4 is 0 Å². The Labute approximate surface area is 225 Å². The van der Waals surface area contributed by atoms with Gasteiger partial charge in [0.15, 0.2) is 0 Å². The molecule has 3 aliphatic rings. The van der Waals surface area contributed by atoms with E-state index in [9.17, 15) is 30.3 Å². The van der Waals surface area contributed by atoms with E-state index in [1.165, 1.54) is 13.8 Å². The quantitative estimate of drug-likeness (QED) is 0.212. The topological polar surface area (TPSA) is 137 Å². The van der Waals surface area contributed by atoms with Crippen LogP contribution >= 0.6 is 0 Å². The van der Waals surface area contributed by atoms with Crippen molar-refractivity contribution in [2.24, 2.45) is 22.7 Å². The van der Waals surface area contributed by atoms with E-state index in [0.29, 0.717) is 6.42 Å². The van der Waals surface area contributed by atoms with Gasteiger partial charge in [-0.25, -0.2) is 0 Å². The summed E-state index contributed by atoms with van der Waals surface area (Å²) in [7, 11) is 0. The molecule has 1 heterocycles. The molecule has 0 aromatic carbocycles. The molecular formula is C23H38AcO8. The molecule has 181 valence electrons. The van der Waals surface area contributed by atoms with Crippen LogP contribution in [0.3, 0.4) is 0 Å². The van der Waals surface area contributed by atoms with Crippen molar-refractivity contribution in [3.63, 3.8) is 0 Å². The van der Waals surface area contributed by atoms with E-state index in [4.69, 9.17) is 9.47 Å². The average molecular weight is 670 g/mol. The van der Waals surface area contributed by atoms with Gasteiger partial charge in [-0.3, -0.25) is 4.79 Å². The summed E-state index contributed by atoms with van der Waals surface area (Å²) in [6.45, 7) is 10.1. The fourth-order valence-electron chi connectivity index (χ4n) is 6.33. The van der Waals surface area contributed by atoms with Gasteiger partial charge in [-0.05, 0) is 31.3 Å². The van der Waals surface area contributed by atoms with Gasteiger partial charge in [0.25, 0.3) is 0 Å². The maximum absolute atomic E-state index is 12.2. The molecule has 1 aliphatic heterocycles. The summed E-state index contributed by atoms with van der Waals surface area (Å²) in [4.78, 5) is 12.2. The van der Waals surface area contributed by atoms with Crippen LogP contribution in [0.1, 0.15) is 54.4 Å². The van der Waals surface area contributed by atoms with Gasteiger partial charge in [0, 0.05) is 74.7 Å². The second kappa shape index (κ2) is 9.81. The first-order chi connectivity index (χ1) is 14.2. The molecule has 10 atom stereocenters. The molecule has 0 amide bonds. The summed E-state index contributed by atoms with van der Waals surface area (Å²) >= 11 is 0. The van der Waals surface area contributed by atoms with Gasteiger partial charge in [0.05, 0.1) is 37.1 Å². The van der Waals surface area contributed by atoms with Gasteiger partial charge in [-0.15, -0.1) is 0 Å². The Kier molecular flexibility index (Phi) is 8.78. The molecule has 0 aromatic heterocycles. The maximum atomic E-state index is 12.2. The SMILES string of the molecule is CC(=O)OC(C1CC(O)C(C)=CC1(C)C)C1C2(O)COC2CC(O)C1(C)C(O)C(C)O.[Ac]. The minimum absolute atomic E-state index is 0. The van der Waals surface area contributed by atoms with Gasteiger partial charge in [-0.1, -0.05) is 26.8 Å². The summed E-state index contributed by atoms with van der Waals surface area (Å²) in [5, 5.41) is 54.7. The minimum Gasteiger partial charge on any atom is -0.462 e. The van der Waals surface area contributed by atoms with Crippen LogP contribution in [0.4, 0.5) is 0 Å². The number of aliphatic hydroxyl groups is 5. The van der Waals surface area contributed by atoms with E-state index >= 15 is 0 Å². The summed E-state index contributed by atoms with van der Waals surface area (Å²) in [5.74, 6) is -1.90. The summed E-state index contributed by atoms with van der Waals surface area (Å²) in [6, 6.07) is 0. The predicted octanol–water partition coefficient (Wildman–Crippen LogP) is 0.530. The zero-order chi connectivity index (χ0) is 23.5. The number of ether oxygens (including phenoxy) is 2. The molecule has 5 N–H and O–H groups in total. The van der Waals surface area contributed by atoms with Crippen molar-refractivity contribution in [1.82, 2.24) is 0 Å². The van der Waals surface area contributed by atoms with Crippen molar-refractivity contribution in [3.8, 4) is 0 Å². The Morgan fingerprint density at radius 1 is 1.22 bits per heavy atom. The Balaban J connectivity index is 0.00000363. The van der Waals surface area contributed by atoms with Gasteiger partial charge >= 0.3 is 5.97 Å². The second-order valence-electron chi connectivity index (χ2n) is 10.7. The molecule has 3 rings (SSSR count). The second-order valence-corrected chi connectivity index (χ2v) is 10.7. The van der Waals surface area contributed by atoms with Gasteiger partial charge in [0.1, 0.15) is 11.7 Å². The average Bonchev–Trinajstić information content (AvgIpc) is 2.64. The van der Waals surface area contributed by atoms with Crippen LogP contribution in [0.25, 0.3) is 0 Å². The van der Waals surface area contributed by atoms with Crippen molar-refractivity contribution in [2.45, 2.75) is 96.6 Å². The molecule has 2 fully saturated rings. The smallest absolute Gasteiger partial charge is 0.302 e. The van der Waals surface area contributed by atoms with Crippen LogP contribution in [0.15, 0.2) is 11.6 Å². The van der Waals surface area contributed by atoms with Crippen molar-refractivity contribution in [3.05, 3.63) is 11.6 Å². The molecule has 9 heteroatoms. The third-order valence-corrected chi connectivity index (χ3v) is 8.12. The zero-order valence-electron chi connectivity index (χ0n) is 19.9. The minimum atomic E-state index is -1.46. The molecule has 0 bridgehead atoms. The third-order valence-electron chi connectivity index (χ3n) is 8.12. The summed E-state index contributed by atoms with van der Waals surface area (Å²) in [6.07, 6.45) is -3.69. The largest absolute Gasteiger partial charge is 0.462 e. The Bertz CT molecular complexity index is 740. The van der Waals surface area contributed by atoms with Crippen molar-refractivity contribution >= 4 is 5.97 Å². The van der Waals surface area contributed by atoms with E-state index in [-0.39, 0.29) is 57.1 Å². The Morgan fingerprint density at radius 3 is 2.28 bits per heavy atom. The molecule has 2 aliphatic carbocycles. The molecule has 0 aromatic rings. The van der Waals surface area contributed by atoms with Crippen LogP contribution in [-0.4, -0.2) is 80.3 Å². The monoisotopic (exact) mass is 669 g/mol. The van der Waals surface area contributed by atoms with Crippen molar-refractivity contribution in [2.75, 3.05) is 6.61 Å². The zero-order valence-corrected chi connectivity index (χ0v) is 24.6. The molecule has 1 radical (unpaired) electrons. The molecule has 10 unspecified atom stereocenters. The first-order valence-corrected chi connectivity index (χ1v) is 11.1.